The Morgan fingerprint density at radius 1 is 1.00 bits per heavy atom. The van der Waals surface area contributed by atoms with Crippen LogP contribution >= 0.6 is 0 Å². The molecule has 1 aliphatic rings. The topological polar surface area (TPSA) is 68.3 Å². The fourth-order valence-corrected chi connectivity index (χ4v) is 4.83. The molecule has 0 saturated carbocycles. The largest absolute Gasteiger partial charge is 0.300 e. The van der Waals surface area contributed by atoms with Crippen molar-refractivity contribution in [1.82, 2.24) is 0 Å². The molecule has 32 heavy (non-hydrogen) atoms. The highest BCUT2D eigenvalue weighted by Crippen LogP contribution is 2.36. The first-order chi connectivity index (χ1) is 15.0. The normalized spacial score (nSPS) is 17.0. The predicted octanol–water partition coefficient (Wildman–Crippen LogP) is 6.41. The first kappa shape index (κ1) is 27.9. The summed E-state index contributed by atoms with van der Waals surface area (Å²) >= 11 is 0. The van der Waals surface area contributed by atoms with Crippen molar-refractivity contribution in [3.63, 3.8) is 0 Å². The lowest BCUT2D eigenvalue weighted by Gasteiger charge is -2.32. The predicted molar refractivity (Wildman–Crippen MR) is 130 cm³/mol. The standard InChI is InChI=1S/C24H34O3.C4H8O/c1-6-8-19(21(7-2)22(26)11-16(4)25)12-18-13-20-10-9-15(3)17(5)24(20)23(27)14-18;1-3-4(2)5/h9-10,18-19,21H,6-8,11-14H2,1-5H3;3H2,1-2H3. The summed E-state index contributed by atoms with van der Waals surface area (Å²) in [6.07, 6.45) is 5.87. The Balaban J connectivity index is 0.000000920. The second-order valence-electron chi connectivity index (χ2n) is 9.44. The van der Waals surface area contributed by atoms with Crippen molar-refractivity contribution in [3.05, 3.63) is 34.4 Å². The Morgan fingerprint density at radius 2 is 1.62 bits per heavy atom. The number of carbonyl (C=O) groups excluding carboxylic acids is 4. The third-order valence-electron chi connectivity index (χ3n) is 6.72. The minimum Gasteiger partial charge on any atom is -0.300 e. The van der Waals surface area contributed by atoms with Gasteiger partial charge in [-0.05, 0) is 75.5 Å². The number of Topliss-reactive ketones (excluding diaryl/α,β-unsaturated/α-hetero) is 4. The molecule has 0 heterocycles. The summed E-state index contributed by atoms with van der Waals surface area (Å²) < 4.78 is 0. The molecule has 0 amide bonds. The first-order valence-electron chi connectivity index (χ1n) is 12.2. The molecule has 0 N–H and O–H groups in total. The Morgan fingerprint density at radius 3 is 2.12 bits per heavy atom. The van der Waals surface area contributed by atoms with Crippen LogP contribution in [0.25, 0.3) is 0 Å². The van der Waals surface area contributed by atoms with Gasteiger partial charge >= 0.3 is 0 Å². The van der Waals surface area contributed by atoms with Crippen molar-refractivity contribution < 1.29 is 19.2 Å². The van der Waals surface area contributed by atoms with Gasteiger partial charge in [0.15, 0.2) is 5.78 Å². The zero-order chi connectivity index (χ0) is 24.4. The van der Waals surface area contributed by atoms with Crippen LogP contribution in [0.15, 0.2) is 12.1 Å². The van der Waals surface area contributed by atoms with Crippen molar-refractivity contribution in [1.29, 1.82) is 0 Å². The maximum atomic E-state index is 12.8. The summed E-state index contributed by atoms with van der Waals surface area (Å²) in [7, 11) is 0. The molecule has 0 aliphatic heterocycles. The van der Waals surface area contributed by atoms with Crippen LogP contribution in [0.2, 0.25) is 0 Å². The van der Waals surface area contributed by atoms with E-state index in [1.54, 1.807) is 6.92 Å². The third-order valence-corrected chi connectivity index (χ3v) is 6.72. The number of fused-ring (bicyclic) bond motifs is 1. The van der Waals surface area contributed by atoms with Gasteiger partial charge in [0.1, 0.15) is 17.3 Å². The van der Waals surface area contributed by atoms with Crippen LogP contribution < -0.4 is 0 Å². The van der Waals surface area contributed by atoms with Crippen molar-refractivity contribution in [2.75, 3.05) is 0 Å². The van der Waals surface area contributed by atoms with E-state index in [0.717, 1.165) is 48.8 Å². The molecule has 0 spiro atoms. The molecular weight excluding hydrogens is 400 g/mol. The van der Waals surface area contributed by atoms with Crippen LogP contribution in [0.5, 0.6) is 0 Å². The Kier molecular flexibility index (Phi) is 11.7. The van der Waals surface area contributed by atoms with Gasteiger partial charge < -0.3 is 4.79 Å². The number of benzene rings is 1. The monoisotopic (exact) mass is 442 g/mol. The second-order valence-corrected chi connectivity index (χ2v) is 9.44. The van der Waals surface area contributed by atoms with Crippen molar-refractivity contribution in [3.8, 4) is 0 Å². The van der Waals surface area contributed by atoms with Gasteiger partial charge in [-0.2, -0.15) is 0 Å². The van der Waals surface area contributed by atoms with Gasteiger partial charge in [0.2, 0.25) is 0 Å². The summed E-state index contributed by atoms with van der Waals surface area (Å²) in [5.41, 5.74) is 4.38. The summed E-state index contributed by atoms with van der Waals surface area (Å²) in [4.78, 5) is 46.6. The van der Waals surface area contributed by atoms with Gasteiger partial charge in [-0.25, -0.2) is 0 Å². The summed E-state index contributed by atoms with van der Waals surface area (Å²) in [5.74, 6) is 1.02. The minimum atomic E-state index is -0.0647. The average Bonchev–Trinajstić information content (AvgIpc) is 2.71. The highest BCUT2D eigenvalue weighted by atomic mass is 16.1. The fourth-order valence-electron chi connectivity index (χ4n) is 4.83. The fraction of sp³-hybridized carbons (Fsp3) is 0.643. The molecule has 1 aromatic rings. The van der Waals surface area contributed by atoms with E-state index in [4.69, 9.17) is 0 Å². The molecule has 2 rings (SSSR count). The average molecular weight is 443 g/mol. The number of rotatable bonds is 10. The number of hydrogen-bond acceptors (Lipinski definition) is 4. The van der Waals surface area contributed by atoms with Gasteiger partial charge in [-0.3, -0.25) is 14.4 Å². The molecule has 1 aromatic carbocycles. The molecule has 0 radical (unpaired) electrons. The van der Waals surface area contributed by atoms with Gasteiger partial charge in [-0.15, -0.1) is 0 Å². The molecule has 3 unspecified atom stereocenters. The van der Waals surface area contributed by atoms with Crippen LogP contribution in [0.4, 0.5) is 0 Å². The Hall–Kier alpha value is -2.10. The third kappa shape index (κ3) is 8.11. The van der Waals surface area contributed by atoms with E-state index in [1.807, 2.05) is 20.8 Å². The summed E-state index contributed by atoms with van der Waals surface area (Å²) in [6, 6.07) is 4.22. The molecule has 3 atom stereocenters. The van der Waals surface area contributed by atoms with Crippen molar-refractivity contribution in [2.45, 2.75) is 99.8 Å². The Bertz CT molecular complexity index is 821. The molecular formula is C28H42O4. The Labute approximate surface area is 194 Å². The number of aryl methyl sites for hydroxylation is 1. The van der Waals surface area contributed by atoms with E-state index in [9.17, 15) is 19.2 Å². The van der Waals surface area contributed by atoms with Crippen LogP contribution in [-0.2, 0) is 20.8 Å². The maximum absolute atomic E-state index is 12.8. The molecule has 178 valence electrons. The highest BCUT2D eigenvalue weighted by Gasteiger charge is 2.33. The maximum Gasteiger partial charge on any atom is 0.163 e. The van der Waals surface area contributed by atoms with E-state index >= 15 is 0 Å². The number of hydrogen-bond donors (Lipinski definition) is 0. The molecule has 1 aliphatic carbocycles. The smallest absolute Gasteiger partial charge is 0.163 e. The molecule has 0 fully saturated rings. The molecule has 4 heteroatoms. The van der Waals surface area contributed by atoms with E-state index in [0.29, 0.717) is 18.8 Å². The van der Waals surface area contributed by atoms with Gasteiger partial charge in [0.05, 0.1) is 6.42 Å². The molecule has 4 nitrogen and oxygen atoms in total. The van der Waals surface area contributed by atoms with E-state index in [-0.39, 0.29) is 41.4 Å². The van der Waals surface area contributed by atoms with E-state index < -0.39 is 0 Å². The minimum absolute atomic E-state index is 0.0453. The van der Waals surface area contributed by atoms with Crippen molar-refractivity contribution in [2.24, 2.45) is 17.8 Å². The van der Waals surface area contributed by atoms with Crippen LogP contribution in [0.3, 0.4) is 0 Å². The molecule has 0 saturated heterocycles. The quantitative estimate of drug-likeness (QED) is 0.392. The van der Waals surface area contributed by atoms with E-state index in [1.165, 1.54) is 12.5 Å². The lowest BCUT2D eigenvalue weighted by molar-refractivity contribution is -0.130. The lowest BCUT2D eigenvalue weighted by atomic mass is 9.72. The van der Waals surface area contributed by atoms with Gasteiger partial charge in [0, 0.05) is 24.3 Å². The summed E-state index contributed by atoms with van der Waals surface area (Å²) in [6.45, 7) is 13.2. The summed E-state index contributed by atoms with van der Waals surface area (Å²) in [5, 5.41) is 0. The highest BCUT2D eigenvalue weighted by molar-refractivity contribution is 6.00. The second kappa shape index (κ2) is 13.4. The van der Waals surface area contributed by atoms with Gasteiger partial charge in [0.25, 0.3) is 0 Å². The van der Waals surface area contributed by atoms with E-state index in [2.05, 4.69) is 26.0 Å². The molecule has 0 bridgehead atoms. The SMILES string of the molecule is CCC(C)=O.CCCC(CC1CC(=O)c2c(ccc(C)c2C)C1)C(CC)C(=O)CC(C)=O. The lowest BCUT2D eigenvalue weighted by Crippen LogP contribution is -2.29. The first-order valence-corrected chi connectivity index (χ1v) is 12.2. The zero-order valence-corrected chi connectivity index (χ0v) is 21.2. The number of carbonyl (C=O) groups is 4. The zero-order valence-electron chi connectivity index (χ0n) is 21.2. The van der Waals surface area contributed by atoms with Gasteiger partial charge in [-0.1, -0.05) is 45.7 Å². The van der Waals surface area contributed by atoms with Crippen LogP contribution in [0.1, 0.15) is 107 Å². The number of ketones is 4. The van der Waals surface area contributed by atoms with Crippen molar-refractivity contribution >= 4 is 23.1 Å². The molecule has 0 aromatic heterocycles. The van der Waals surface area contributed by atoms with Crippen LogP contribution in [0, 0.1) is 31.6 Å². The van der Waals surface area contributed by atoms with Crippen LogP contribution in [-0.4, -0.2) is 23.1 Å².